The lowest BCUT2D eigenvalue weighted by molar-refractivity contribution is -0.00000185. The Hall–Kier alpha value is -1.43. The molecule has 0 aliphatic rings. The zero-order valence-electron chi connectivity index (χ0n) is 4.66. The SMILES string of the molecule is N#[N+]c1ccccc1.[F-]. The van der Waals surface area contributed by atoms with Crippen molar-refractivity contribution in [2.24, 2.45) is 0 Å². The van der Waals surface area contributed by atoms with Crippen LogP contribution in [0.4, 0.5) is 5.69 Å². The zero-order chi connectivity index (χ0) is 5.82. The molecule has 0 aliphatic heterocycles. The first-order chi connectivity index (χ1) is 3.93. The predicted octanol–water partition coefficient (Wildman–Crippen LogP) is -0.825. The fraction of sp³-hybridized carbons (Fsp3) is 0. The van der Waals surface area contributed by atoms with Crippen LogP contribution in [0.3, 0.4) is 0 Å². The molecule has 0 aromatic heterocycles. The van der Waals surface area contributed by atoms with Gasteiger partial charge in [0.25, 0.3) is 0 Å². The molecule has 2 nitrogen and oxygen atoms in total. The maximum absolute atomic E-state index is 8.16. The summed E-state index contributed by atoms with van der Waals surface area (Å²) >= 11 is 0. The van der Waals surface area contributed by atoms with Crippen LogP contribution in [0.25, 0.3) is 4.98 Å². The van der Waals surface area contributed by atoms with Gasteiger partial charge in [0.05, 0.1) is 0 Å². The quantitative estimate of drug-likeness (QED) is 0.415. The van der Waals surface area contributed by atoms with Crippen LogP contribution in [0.2, 0.25) is 0 Å². The van der Waals surface area contributed by atoms with E-state index in [9.17, 15) is 0 Å². The van der Waals surface area contributed by atoms with Gasteiger partial charge in [-0.1, -0.05) is 18.2 Å². The van der Waals surface area contributed by atoms with Gasteiger partial charge >= 0.3 is 5.69 Å². The molecule has 0 aliphatic carbocycles. The number of benzene rings is 1. The lowest BCUT2D eigenvalue weighted by Crippen LogP contribution is -3.00. The summed E-state index contributed by atoms with van der Waals surface area (Å²) in [4.78, 5) is 2.97. The van der Waals surface area contributed by atoms with Gasteiger partial charge in [-0.15, -0.1) is 0 Å². The molecule has 0 atom stereocenters. The number of hydrogen-bond acceptors (Lipinski definition) is 1. The minimum atomic E-state index is 0. The van der Waals surface area contributed by atoms with E-state index in [1.54, 1.807) is 12.1 Å². The summed E-state index contributed by atoms with van der Waals surface area (Å²) in [5.74, 6) is 0. The van der Waals surface area contributed by atoms with Gasteiger partial charge < -0.3 is 4.70 Å². The second-order valence-electron chi connectivity index (χ2n) is 1.44. The minimum absolute atomic E-state index is 0. The summed E-state index contributed by atoms with van der Waals surface area (Å²) in [6.07, 6.45) is 0. The van der Waals surface area contributed by atoms with Gasteiger partial charge in [0.2, 0.25) is 5.39 Å². The van der Waals surface area contributed by atoms with Gasteiger partial charge in [0.1, 0.15) is 0 Å². The standard InChI is InChI=1S/C6H5N2.FH/c7-8-6-4-2-1-3-5-6;/h1-5H;1H/q+1;/p-1. The van der Waals surface area contributed by atoms with Crippen molar-refractivity contribution in [3.8, 4) is 0 Å². The summed E-state index contributed by atoms with van der Waals surface area (Å²) in [5.41, 5.74) is 0.590. The molecule has 0 fully saturated rings. The van der Waals surface area contributed by atoms with Gasteiger partial charge in [-0.2, -0.15) is 0 Å². The van der Waals surface area contributed by atoms with Crippen LogP contribution in [0.15, 0.2) is 30.3 Å². The van der Waals surface area contributed by atoms with E-state index in [-0.39, 0.29) is 4.70 Å². The van der Waals surface area contributed by atoms with Gasteiger partial charge in [-0.05, 0) is 0 Å². The minimum Gasteiger partial charge on any atom is -1.00 e. The molecule has 0 N–H and O–H groups in total. The molecule has 0 spiro atoms. The molecular weight excluding hydrogens is 119 g/mol. The van der Waals surface area contributed by atoms with E-state index >= 15 is 0 Å². The van der Waals surface area contributed by atoms with Crippen molar-refractivity contribution in [3.63, 3.8) is 0 Å². The third kappa shape index (κ3) is 1.87. The number of nitrogens with zero attached hydrogens (tertiary/aromatic N) is 2. The Bertz CT molecular complexity index is 202. The number of hydrogen-bond donors (Lipinski definition) is 0. The first kappa shape index (κ1) is 7.57. The molecule has 1 aromatic carbocycles. The topological polar surface area (TPSA) is 28.1 Å². The molecule has 0 amide bonds. The Balaban J connectivity index is 0.000000640. The molecule has 0 bridgehead atoms. The first-order valence-electron chi connectivity index (χ1n) is 2.33. The van der Waals surface area contributed by atoms with Crippen LogP contribution >= 0.6 is 0 Å². The maximum atomic E-state index is 8.16. The van der Waals surface area contributed by atoms with E-state index in [1.165, 1.54) is 0 Å². The van der Waals surface area contributed by atoms with E-state index < -0.39 is 0 Å². The predicted molar refractivity (Wildman–Crippen MR) is 31.2 cm³/mol. The van der Waals surface area contributed by atoms with Gasteiger partial charge in [0, 0.05) is 12.1 Å². The van der Waals surface area contributed by atoms with Crippen molar-refractivity contribution < 1.29 is 4.70 Å². The first-order valence-corrected chi connectivity index (χ1v) is 2.33. The fourth-order valence-corrected chi connectivity index (χ4v) is 0.495. The number of halogens is 1. The average molecular weight is 124 g/mol. The molecule has 46 valence electrons. The molecule has 0 saturated carbocycles. The third-order valence-electron chi connectivity index (χ3n) is 0.872. The van der Waals surface area contributed by atoms with E-state index in [0.29, 0.717) is 5.69 Å². The molecule has 3 heteroatoms. The van der Waals surface area contributed by atoms with E-state index in [1.807, 2.05) is 18.2 Å². The van der Waals surface area contributed by atoms with Crippen LogP contribution < -0.4 is 4.70 Å². The molecule has 0 saturated heterocycles. The van der Waals surface area contributed by atoms with E-state index in [2.05, 4.69) is 4.98 Å². The summed E-state index contributed by atoms with van der Waals surface area (Å²) < 4.78 is 0. The van der Waals surface area contributed by atoms with Crippen LogP contribution in [-0.4, -0.2) is 0 Å². The van der Waals surface area contributed by atoms with Crippen molar-refractivity contribution in [1.29, 1.82) is 5.39 Å². The van der Waals surface area contributed by atoms with E-state index in [0.717, 1.165) is 0 Å². The molecule has 1 aromatic rings. The monoisotopic (exact) mass is 124 g/mol. The Kier molecular flexibility index (Phi) is 2.99. The number of rotatable bonds is 0. The molecule has 0 radical (unpaired) electrons. The molecule has 9 heavy (non-hydrogen) atoms. The zero-order valence-corrected chi connectivity index (χ0v) is 4.66. The molecular formula is C6H5FN2. The molecule has 0 unspecified atom stereocenters. The van der Waals surface area contributed by atoms with Crippen molar-refractivity contribution in [2.45, 2.75) is 0 Å². The fourth-order valence-electron chi connectivity index (χ4n) is 0.495. The van der Waals surface area contributed by atoms with Crippen molar-refractivity contribution in [1.82, 2.24) is 0 Å². The lowest BCUT2D eigenvalue weighted by atomic mass is 10.3. The van der Waals surface area contributed by atoms with Crippen molar-refractivity contribution >= 4 is 5.69 Å². The summed E-state index contributed by atoms with van der Waals surface area (Å²) in [7, 11) is 0. The van der Waals surface area contributed by atoms with Crippen LogP contribution in [0.5, 0.6) is 0 Å². The van der Waals surface area contributed by atoms with Gasteiger partial charge in [-0.3, -0.25) is 0 Å². The Morgan fingerprint density at radius 3 is 2.00 bits per heavy atom. The maximum Gasteiger partial charge on any atom is 0.385 e. The highest BCUT2D eigenvalue weighted by atomic mass is 19.0. The summed E-state index contributed by atoms with van der Waals surface area (Å²) in [6.45, 7) is 0. The van der Waals surface area contributed by atoms with Crippen molar-refractivity contribution in [3.05, 3.63) is 35.3 Å². The highest BCUT2D eigenvalue weighted by Crippen LogP contribution is 2.07. The number of diazo groups is 1. The highest BCUT2D eigenvalue weighted by Gasteiger charge is 1.95. The Morgan fingerprint density at radius 2 is 1.67 bits per heavy atom. The normalized spacial score (nSPS) is 7.00. The van der Waals surface area contributed by atoms with Gasteiger partial charge in [-0.25, -0.2) is 0 Å². The summed E-state index contributed by atoms with van der Waals surface area (Å²) in [5, 5.41) is 8.16. The largest absolute Gasteiger partial charge is 1.00 e. The summed E-state index contributed by atoms with van der Waals surface area (Å²) in [6, 6.07) is 8.94. The van der Waals surface area contributed by atoms with Crippen LogP contribution in [-0.2, 0) is 0 Å². The van der Waals surface area contributed by atoms with Crippen LogP contribution in [0.1, 0.15) is 0 Å². The third-order valence-corrected chi connectivity index (χ3v) is 0.872. The Labute approximate surface area is 52.1 Å². The van der Waals surface area contributed by atoms with Gasteiger partial charge in [0.15, 0.2) is 4.98 Å². The Morgan fingerprint density at radius 1 is 1.11 bits per heavy atom. The second-order valence-corrected chi connectivity index (χ2v) is 1.44. The van der Waals surface area contributed by atoms with Crippen LogP contribution in [0, 0.1) is 5.39 Å². The molecule has 0 heterocycles. The highest BCUT2D eigenvalue weighted by molar-refractivity contribution is 5.42. The molecule has 1 rings (SSSR count). The average Bonchev–Trinajstić information content (AvgIpc) is 1.90. The second kappa shape index (κ2) is 3.56. The lowest BCUT2D eigenvalue weighted by Gasteiger charge is -1.69. The van der Waals surface area contributed by atoms with E-state index in [4.69, 9.17) is 5.39 Å². The smallest absolute Gasteiger partial charge is 0.385 e. The van der Waals surface area contributed by atoms with Crippen molar-refractivity contribution in [2.75, 3.05) is 0 Å².